The molecule has 0 spiro atoms. The maximum atomic E-state index is 2.42. The average Bonchev–Trinajstić information content (AvgIpc) is 3.63. The predicted molar refractivity (Wildman–Crippen MR) is 243 cm³/mol. The molecule has 266 valence electrons. The van der Waals surface area contributed by atoms with E-state index in [0.717, 1.165) is 5.69 Å². The normalized spacial score (nSPS) is 11.5. The van der Waals surface area contributed by atoms with E-state index in [1.165, 1.54) is 99.0 Å². The topological polar surface area (TPSA) is 4.93 Å². The third-order valence-corrected chi connectivity index (χ3v) is 11.6. The van der Waals surface area contributed by atoms with Gasteiger partial charge in [-0.3, -0.25) is 0 Å². The van der Waals surface area contributed by atoms with E-state index in [4.69, 9.17) is 0 Å². The van der Waals surface area contributed by atoms with E-state index in [1.807, 2.05) is 0 Å². The summed E-state index contributed by atoms with van der Waals surface area (Å²) >= 11 is 0. The van der Waals surface area contributed by atoms with Crippen LogP contribution >= 0.6 is 0 Å². The summed E-state index contributed by atoms with van der Waals surface area (Å²) in [5, 5.41) is 7.52. The van der Waals surface area contributed by atoms with Crippen molar-refractivity contribution in [1.29, 1.82) is 0 Å². The van der Waals surface area contributed by atoms with Gasteiger partial charge in [-0.2, -0.15) is 0 Å². The van der Waals surface area contributed by atoms with Gasteiger partial charge in [0.15, 0.2) is 0 Å². The molecule has 1 aromatic heterocycles. The number of para-hydroxylation sites is 2. The van der Waals surface area contributed by atoms with Gasteiger partial charge in [-0.05, 0) is 120 Å². The number of hydrogen-bond donors (Lipinski definition) is 0. The molecule has 0 amide bonds. The Labute approximate surface area is 332 Å². The molecule has 0 bridgehead atoms. The smallest absolute Gasteiger partial charge is 0.0541 e. The molecular formula is C56H37N. The molecule has 57 heavy (non-hydrogen) atoms. The summed E-state index contributed by atoms with van der Waals surface area (Å²) < 4.78 is 2.38. The molecule has 0 aliphatic heterocycles. The summed E-state index contributed by atoms with van der Waals surface area (Å²) in [6.07, 6.45) is 0. The second-order valence-corrected chi connectivity index (χ2v) is 14.9. The second kappa shape index (κ2) is 13.7. The second-order valence-electron chi connectivity index (χ2n) is 14.9. The molecule has 11 aromatic rings. The van der Waals surface area contributed by atoms with Crippen molar-refractivity contribution in [3.8, 4) is 61.3 Å². The maximum Gasteiger partial charge on any atom is 0.0541 e. The van der Waals surface area contributed by atoms with Crippen LogP contribution in [0, 0.1) is 0 Å². The largest absolute Gasteiger partial charge is 0.309 e. The third kappa shape index (κ3) is 5.63. The fourth-order valence-corrected chi connectivity index (χ4v) is 8.95. The van der Waals surface area contributed by atoms with E-state index in [9.17, 15) is 0 Å². The average molecular weight is 724 g/mol. The van der Waals surface area contributed by atoms with Crippen molar-refractivity contribution in [2.75, 3.05) is 0 Å². The van der Waals surface area contributed by atoms with Crippen LogP contribution in [0.15, 0.2) is 224 Å². The standard InChI is InChI=1S/C56H37N/c1-3-15-38(16-4-1)41-19-13-21-44(35-41)55-49-25-7-8-26-50(49)56(45-22-14-20-42(36-45)39-17-5-2-6-18-39)52-37-43(31-34-51(52)55)40-29-32-46(33-30-40)57-53-27-11-9-23-47(53)48-24-10-12-28-54(48)57/h1-37H. The van der Waals surface area contributed by atoms with Crippen molar-refractivity contribution in [2.45, 2.75) is 0 Å². The summed E-state index contributed by atoms with van der Waals surface area (Å²) in [5.74, 6) is 0. The number of nitrogens with zero attached hydrogens (tertiary/aromatic N) is 1. The fourth-order valence-electron chi connectivity index (χ4n) is 8.95. The van der Waals surface area contributed by atoms with Gasteiger partial charge < -0.3 is 4.57 Å². The molecular weight excluding hydrogens is 687 g/mol. The molecule has 0 unspecified atom stereocenters. The molecule has 0 radical (unpaired) electrons. The van der Waals surface area contributed by atoms with Crippen molar-refractivity contribution in [1.82, 2.24) is 4.57 Å². The van der Waals surface area contributed by atoms with Crippen LogP contribution in [0.1, 0.15) is 0 Å². The molecule has 0 atom stereocenters. The van der Waals surface area contributed by atoms with Crippen LogP contribution in [0.4, 0.5) is 0 Å². The van der Waals surface area contributed by atoms with Gasteiger partial charge in [0.1, 0.15) is 0 Å². The lowest BCUT2D eigenvalue weighted by molar-refractivity contribution is 1.18. The minimum atomic E-state index is 1.15. The Kier molecular flexibility index (Phi) is 7.89. The van der Waals surface area contributed by atoms with Crippen molar-refractivity contribution >= 4 is 43.4 Å². The molecule has 11 rings (SSSR count). The molecule has 0 N–H and O–H groups in total. The Morgan fingerprint density at radius 1 is 0.211 bits per heavy atom. The van der Waals surface area contributed by atoms with Gasteiger partial charge in [-0.25, -0.2) is 0 Å². The molecule has 0 fully saturated rings. The van der Waals surface area contributed by atoms with E-state index in [-0.39, 0.29) is 0 Å². The van der Waals surface area contributed by atoms with E-state index < -0.39 is 0 Å². The van der Waals surface area contributed by atoms with Crippen LogP contribution in [-0.4, -0.2) is 4.57 Å². The lowest BCUT2D eigenvalue weighted by atomic mass is 9.84. The molecule has 0 saturated carbocycles. The Hall–Kier alpha value is -7.48. The van der Waals surface area contributed by atoms with Gasteiger partial charge in [0, 0.05) is 16.5 Å². The Morgan fingerprint density at radius 3 is 1.12 bits per heavy atom. The highest BCUT2D eigenvalue weighted by Gasteiger charge is 2.19. The SMILES string of the molecule is c1ccc(-c2cccc(-c3c4ccccc4c(-c4cccc(-c5ccccc5)c4)c4cc(-c5ccc(-n6c7ccccc7c7ccccc76)cc5)ccc34)c2)cc1. The lowest BCUT2D eigenvalue weighted by Crippen LogP contribution is -1.94. The van der Waals surface area contributed by atoms with Crippen molar-refractivity contribution in [3.63, 3.8) is 0 Å². The Bertz CT molecular complexity index is 3210. The Balaban J connectivity index is 1.13. The third-order valence-electron chi connectivity index (χ3n) is 11.6. The summed E-state index contributed by atoms with van der Waals surface area (Å²) in [7, 11) is 0. The number of benzene rings is 10. The summed E-state index contributed by atoms with van der Waals surface area (Å²) in [6, 6.07) is 82.0. The highest BCUT2D eigenvalue weighted by atomic mass is 15.0. The molecule has 1 heteroatoms. The van der Waals surface area contributed by atoms with Gasteiger partial charge in [0.2, 0.25) is 0 Å². The predicted octanol–water partition coefficient (Wildman–Crippen LogP) is 15.4. The molecule has 10 aromatic carbocycles. The van der Waals surface area contributed by atoms with Crippen LogP contribution in [0.25, 0.3) is 105 Å². The van der Waals surface area contributed by atoms with Gasteiger partial charge in [-0.1, -0.05) is 182 Å². The molecule has 0 saturated heterocycles. The maximum absolute atomic E-state index is 2.42. The first-order chi connectivity index (χ1) is 28.3. The minimum Gasteiger partial charge on any atom is -0.309 e. The first-order valence-electron chi connectivity index (χ1n) is 19.7. The minimum absolute atomic E-state index is 1.15. The fraction of sp³-hybridized carbons (Fsp3) is 0. The molecule has 0 aliphatic rings. The van der Waals surface area contributed by atoms with Crippen molar-refractivity contribution in [3.05, 3.63) is 224 Å². The van der Waals surface area contributed by atoms with Crippen LogP contribution in [0.3, 0.4) is 0 Å². The van der Waals surface area contributed by atoms with E-state index >= 15 is 0 Å². The number of fused-ring (bicyclic) bond motifs is 5. The van der Waals surface area contributed by atoms with Gasteiger partial charge in [-0.15, -0.1) is 0 Å². The summed E-state index contributed by atoms with van der Waals surface area (Å²) in [4.78, 5) is 0. The molecule has 1 nitrogen and oxygen atoms in total. The van der Waals surface area contributed by atoms with Gasteiger partial charge in [0.25, 0.3) is 0 Å². The van der Waals surface area contributed by atoms with Crippen molar-refractivity contribution < 1.29 is 0 Å². The van der Waals surface area contributed by atoms with Crippen LogP contribution < -0.4 is 0 Å². The van der Waals surface area contributed by atoms with Gasteiger partial charge >= 0.3 is 0 Å². The van der Waals surface area contributed by atoms with Crippen molar-refractivity contribution in [2.24, 2.45) is 0 Å². The zero-order valence-corrected chi connectivity index (χ0v) is 31.3. The summed E-state index contributed by atoms with van der Waals surface area (Å²) in [6.45, 7) is 0. The lowest BCUT2D eigenvalue weighted by Gasteiger charge is -2.19. The zero-order chi connectivity index (χ0) is 37.7. The van der Waals surface area contributed by atoms with Crippen LogP contribution in [0.5, 0.6) is 0 Å². The first kappa shape index (κ1) is 32.9. The van der Waals surface area contributed by atoms with E-state index in [2.05, 4.69) is 229 Å². The summed E-state index contributed by atoms with van der Waals surface area (Å²) in [5.41, 5.74) is 15.8. The zero-order valence-electron chi connectivity index (χ0n) is 31.3. The highest BCUT2D eigenvalue weighted by Crippen LogP contribution is 2.46. The molecule has 1 heterocycles. The van der Waals surface area contributed by atoms with Crippen LogP contribution in [-0.2, 0) is 0 Å². The van der Waals surface area contributed by atoms with Gasteiger partial charge in [0.05, 0.1) is 11.0 Å². The number of rotatable bonds is 6. The molecule has 0 aliphatic carbocycles. The van der Waals surface area contributed by atoms with E-state index in [1.54, 1.807) is 0 Å². The Morgan fingerprint density at radius 2 is 0.579 bits per heavy atom. The first-order valence-corrected chi connectivity index (χ1v) is 19.7. The quantitative estimate of drug-likeness (QED) is 0.151. The number of hydrogen-bond acceptors (Lipinski definition) is 0. The van der Waals surface area contributed by atoms with E-state index in [0.29, 0.717) is 0 Å². The van der Waals surface area contributed by atoms with Crippen LogP contribution in [0.2, 0.25) is 0 Å². The highest BCUT2D eigenvalue weighted by molar-refractivity contribution is 6.22. The number of aromatic nitrogens is 1. The monoisotopic (exact) mass is 723 g/mol.